The number of hydrogen-bond donors (Lipinski definition) is 3. The van der Waals surface area contributed by atoms with E-state index in [1.54, 1.807) is 6.92 Å². The fourth-order valence-electron chi connectivity index (χ4n) is 1.27. The summed E-state index contributed by atoms with van der Waals surface area (Å²) in [5.41, 5.74) is 0. The van der Waals surface area contributed by atoms with Gasteiger partial charge in [-0.15, -0.1) is 0 Å². The van der Waals surface area contributed by atoms with Crippen LogP contribution in [-0.4, -0.2) is 34.1 Å². The first kappa shape index (κ1) is 12.9. The zero-order valence-electron chi connectivity index (χ0n) is 8.77. The summed E-state index contributed by atoms with van der Waals surface area (Å²) in [5.74, 6) is 0.286. The molecule has 0 heterocycles. The van der Waals surface area contributed by atoms with E-state index in [0.717, 1.165) is 0 Å². The molecule has 3 nitrogen and oxygen atoms in total. The first-order chi connectivity index (χ1) is 5.97. The Labute approximate surface area is 80.4 Å². The van der Waals surface area contributed by atoms with Crippen LogP contribution in [0.2, 0.25) is 0 Å². The lowest BCUT2D eigenvalue weighted by Crippen LogP contribution is -2.26. The molecule has 0 amide bonds. The van der Waals surface area contributed by atoms with Crippen LogP contribution in [0.1, 0.15) is 33.6 Å². The summed E-state index contributed by atoms with van der Waals surface area (Å²) in [5, 5.41) is 27.7. The molecule has 0 aromatic carbocycles. The van der Waals surface area contributed by atoms with Crippen molar-refractivity contribution >= 4 is 0 Å². The largest absolute Gasteiger partial charge is 0.396 e. The van der Waals surface area contributed by atoms with Crippen molar-refractivity contribution in [3.8, 4) is 0 Å². The minimum atomic E-state index is -0.598. The van der Waals surface area contributed by atoms with Crippen molar-refractivity contribution in [3.63, 3.8) is 0 Å². The van der Waals surface area contributed by atoms with Gasteiger partial charge in [-0.2, -0.15) is 0 Å². The highest BCUT2D eigenvalue weighted by Crippen LogP contribution is 2.14. The predicted octanol–water partition coefficient (Wildman–Crippen LogP) is 0.773. The summed E-state index contributed by atoms with van der Waals surface area (Å²) >= 11 is 0. The van der Waals surface area contributed by atoms with Gasteiger partial charge in [-0.3, -0.25) is 0 Å². The van der Waals surface area contributed by atoms with Crippen LogP contribution in [0.4, 0.5) is 0 Å². The molecule has 0 aliphatic carbocycles. The number of rotatable bonds is 6. The molecule has 0 aliphatic heterocycles. The molecule has 3 atom stereocenters. The third-order valence-electron chi connectivity index (χ3n) is 2.20. The van der Waals surface area contributed by atoms with E-state index in [2.05, 4.69) is 0 Å². The van der Waals surface area contributed by atoms with Crippen LogP contribution in [0.3, 0.4) is 0 Å². The van der Waals surface area contributed by atoms with Crippen molar-refractivity contribution in [1.29, 1.82) is 0 Å². The van der Waals surface area contributed by atoms with Gasteiger partial charge < -0.3 is 15.3 Å². The molecule has 3 heteroatoms. The summed E-state index contributed by atoms with van der Waals surface area (Å²) < 4.78 is 0. The third kappa shape index (κ3) is 6.02. The molecule has 13 heavy (non-hydrogen) atoms. The number of aliphatic hydroxyl groups is 3. The molecule has 0 saturated carbocycles. The fourth-order valence-corrected chi connectivity index (χ4v) is 1.27. The second-order valence-corrected chi connectivity index (χ2v) is 4.25. The van der Waals surface area contributed by atoms with Gasteiger partial charge in [-0.1, -0.05) is 20.8 Å². The molecule has 0 aromatic rings. The van der Waals surface area contributed by atoms with Gasteiger partial charge in [0.2, 0.25) is 0 Å². The zero-order chi connectivity index (χ0) is 10.4. The van der Waals surface area contributed by atoms with Crippen LogP contribution in [0.15, 0.2) is 0 Å². The molecule has 80 valence electrons. The van der Waals surface area contributed by atoms with Gasteiger partial charge in [0.15, 0.2) is 0 Å². The summed E-state index contributed by atoms with van der Waals surface area (Å²) in [6, 6.07) is 0. The molecule has 0 aliphatic rings. The van der Waals surface area contributed by atoms with Gasteiger partial charge in [-0.05, 0) is 18.8 Å². The highest BCUT2D eigenvalue weighted by molar-refractivity contribution is 4.69. The Kier molecular flexibility index (Phi) is 6.29. The fraction of sp³-hybridized carbons (Fsp3) is 1.00. The van der Waals surface area contributed by atoms with E-state index in [-0.39, 0.29) is 12.5 Å². The van der Waals surface area contributed by atoms with Gasteiger partial charge in [0, 0.05) is 12.5 Å². The molecular formula is C10H22O3. The van der Waals surface area contributed by atoms with Crippen molar-refractivity contribution in [2.75, 3.05) is 6.61 Å². The molecule has 0 radical (unpaired) electrons. The second-order valence-electron chi connectivity index (χ2n) is 4.25. The zero-order valence-corrected chi connectivity index (χ0v) is 8.77. The second kappa shape index (κ2) is 6.35. The maximum absolute atomic E-state index is 9.49. The van der Waals surface area contributed by atoms with Crippen LogP contribution in [0.5, 0.6) is 0 Å². The van der Waals surface area contributed by atoms with Gasteiger partial charge in [0.05, 0.1) is 12.2 Å². The average molecular weight is 190 g/mol. The molecule has 0 bridgehead atoms. The molecule has 3 unspecified atom stereocenters. The quantitative estimate of drug-likeness (QED) is 0.580. The lowest BCUT2D eigenvalue weighted by molar-refractivity contribution is 0.0230. The lowest BCUT2D eigenvalue weighted by Gasteiger charge is -2.20. The third-order valence-corrected chi connectivity index (χ3v) is 2.20. The highest BCUT2D eigenvalue weighted by atomic mass is 16.3. The van der Waals surface area contributed by atoms with Crippen LogP contribution in [-0.2, 0) is 0 Å². The normalized spacial score (nSPS) is 18.7. The van der Waals surface area contributed by atoms with E-state index in [1.807, 2.05) is 13.8 Å². The van der Waals surface area contributed by atoms with Gasteiger partial charge >= 0.3 is 0 Å². The van der Waals surface area contributed by atoms with Crippen LogP contribution in [0.25, 0.3) is 0 Å². The number of hydrogen-bond acceptors (Lipinski definition) is 3. The van der Waals surface area contributed by atoms with Crippen molar-refractivity contribution in [2.24, 2.45) is 11.8 Å². The van der Waals surface area contributed by atoms with E-state index < -0.39 is 12.2 Å². The summed E-state index contributed by atoms with van der Waals surface area (Å²) in [7, 11) is 0. The maximum atomic E-state index is 9.49. The Hall–Kier alpha value is -0.120. The van der Waals surface area contributed by atoms with Gasteiger partial charge in [0.25, 0.3) is 0 Å². The topological polar surface area (TPSA) is 60.7 Å². The molecule has 0 spiro atoms. The minimum Gasteiger partial charge on any atom is -0.396 e. The van der Waals surface area contributed by atoms with Crippen LogP contribution in [0, 0.1) is 11.8 Å². The minimum absolute atomic E-state index is 0.0322. The predicted molar refractivity (Wildman–Crippen MR) is 52.3 cm³/mol. The standard InChI is InChI=1S/C10H22O3/c1-7(2)4-9(12)5-10(13)8(3)6-11/h7-13H,4-6H2,1-3H3. The van der Waals surface area contributed by atoms with Gasteiger partial charge in [0.1, 0.15) is 0 Å². The maximum Gasteiger partial charge on any atom is 0.0612 e. The smallest absolute Gasteiger partial charge is 0.0612 e. The molecular weight excluding hydrogens is 168 g/mol. The SMILES string of the molecule is CC(C)CC(O)CC(O)C(C)CO. The van der Waals surface area contributed by atoms with Crippen molar-refractivity contribution in [3.05, 3.63) is 0 Å². The van der Waals surface area contributed by atoms with E-state index >= 15 is 0 Å². The van der Waals surface area contributed by atoms with E-state index in [1.165, 1.54) is 0 Å². The molecule has 0 rings (SSSR count). The molecule has 0 fully saturated rings. The first-order valence-electron chi connectivity index (χ1n) is 4.94. The number of aliphatic hydroxyl groups excluding tert-OH is 3. The lowest BCUT2D eigenvalue weighted by atomic mass is 9.95. The highest BCUT2D eigenvalue weighted by Gasteiger charge is 2.18. The Morgan fingerprint density at radius 3 is 1.92 bits per heavy atom. The first-order valence-corrected chi connectivity index (χ1v) is 4.94. The summed E-state index contributed by atoms with van der Waals surface area (Å²) in [4.78, 5) is 0. The Balaban J connectivity index is 3.70. The average Bonchev–Trinajstić information content (AvgIpc) is 2.01. The van der Waals surface area contributed by atoms with Crippen molar-refractivity contribution < 1.29 is 15.3 Å². The molecule has 3 N–H and O–H groups in total. The Morgan fingerprint density at radius 2 is 1.54 bits per heavy atom. The van der Waals surface area contributed by atoms with E-state index in [4.69, 9.17) is 5.11 Å². The summed E-state index contributed by atoms with van der Waals surface area (Å²) in [6.07, 6.45) is 0.0116. The van der Waals surface area contributed by atoms with Crippen molar-refractivity contribution in [2.45, 2.75) is 45.8 Å². The molecule has 0 aromatic heterocycles. The van der Waals surface area contributed by atoms with Crippen molar-refractivity contribution in [1.82, 2.24) is 0 Å². The van der Waals surface area contributed by atoms with E-state index in [9.17, 15) is 10.2 Å². The Morgan fingerprint density at radius 1 is 1.00 bits per heavy atom. The van der Waals surface area contributed by atoms with Gasteiger partial charge in [-0.25, -0.2) is 0 Å². The molecule has 0 saturated heterocycles. The summed E-state index contributed by atoms with van der Waals surface area (Å²) in [6.45, 7) is 5.80. The van der Waals surface area contributed by atoms with Crippen LogP contribution < -0.4 is 0 Å². The van der Waals surface area contributed by atoms with E-state index in [0.29, 0.717) is 18.8 Å². The Bertz CT molecular complexity index is 125. The van der Waals surface area contributed by atoms with Crippen LogP contribution >= 0.6 is 0 Å². The monoisotopic (exact) mass is 190 g/mol.